The van der Waals surface area contributed by atoms with Crippen LogP contribution in [0.1, 0.15) is 16.8 Å². The summed E-state index contributed by atoms with van der Waals surface area (Å²) in [5, 5.41) is 10.1. The molecule has 0 aliphatic carbocycles. The molecule has 4 nitrogen and oxygen atoms in total. The van der Waals surface area contributed by atoms with Crippen LogP contribution in [0.25, 0.3) is 0 Å². The zero-order valence-corrected chi connectivity index (χ0v) is 11.2. The maximum atomic E-state index is 12.0. The summed E-state index contributed by atoms with van der Waals surface area (Å²) in [6, 6.07) is 9.74. The van der Waals surface area contributed by atoms with Gasteiger partial charge in [0.1, 0.15) is 0 Å². The Balaban J connectivity index is 2.10. The second-order valence-corrected chi connectivity index (χ2v) is 4.76. The first kappa shape index (κ1) is 13.5. The highest BCUT2D eigenvalue weighted by atomic mass is 16.3. The lowest BCUT2D eigenvalue weighted by atomic mass is 10.1. The third kappa shape index (κ3) is 3.29. The van der Waals surface area contributed by atoms with Crippen molar-refractivity contribution in [3.63, 3.8) is 0 Å². The van der Waals surface area contributed by atoms with Crippen LogP contribution in [0, 0.1) is 13.8 Å². The molecule has 19 heavy (non-hydrogen) atoms. The van der Waals surface area contributed by atoms with E-state index in [1.54, 1.807) is 6.92 Å². The van der Waals surface area contributed by atoms with Gasteiger partial charge in [0.15, 0.2) is 0 Å². The largest absolute Gasteiger partial charge is 0.391 e. The highest BCUT2D eigenvalue weighted by Gasteiger charge is 2.10. The van der Waals surface area contributed by atoms with Gasteiger partial charge in [0.05, 0.1) is 19.0 Å². The lowest BCUT2D eigenvalue weighted by Crippen LogP contribution is -2.29. The number of nitrogens with zero attached hydrogens (tertiary/aromatic N) is 2. The molecule has 0 unspecified atom stereocenters. The molecule has 0 amide bonds. The van der Waals surface area contributed by atoms with Crippen molar-refractivity contribution in [2.24, 2.45) is 0 Å². The third-order valence-corrected chi connectivity index (χ3v) is 3.24. The van der Waals surface area contributed by atoms with Gasteiger partial charge >= 0.3 is 0 Å². The molecule has 4 heteroatoms. The Bertz CT molecular complexity index is 605. The SMILES string of the molecule is Cc1ncn(C[C@@H](O)Cc2ccccc2)c(=O)c1C. The van der Waals surface area contributed by atoms with Crippen LogP contribution < -0.4 is 5.56 Å². The second-order valence-electron chi connectivity index (χ2n) is 4.76. The van der Waals surface area contributed by atoms with Gasteiger partial charge in [-0.25, -0.2) is 4.98 Å². The Labute approximate surface area is 112 Å². The van der Waals surface area contributed by atoms with Gasteiger partial charge in [0.2, 0.25) is 0 Å². The number of hydrogen-bond acceptors (Lipinski definition) is 3. The number of benzene rings is 1. The standard InChI is InChI=1S/C15H18N2O2/c1-11-12(2)16-10-17(15(11)19)9-14(18)8-13-6-4-3-5-7-13/h3-7,10,14,18H,8-9H2,1-2H3/t14-/m0/s1. The normalized spacial score (nSPS) is 12.4. The summed E-state index contributed by atoms with van der Waals surface area (Å²) >= 11 is 0. The monoisotopic (exact) mass is 258 g/mol. The molecule has 0 aliphatic heterocycles. The summed E-state index contributed by atoms with van der Waals surface area (Å²) < 4.78 is 1.47. The van der Waals surface area contributed by atoms with Gasteiger partial charge < -0.3 is 5.11 Å². The maximum absolute atomic E-state index is 12.0. The fourth-order valence-electron chi connectivity index (χ4n) is 1.98. The van der Waals surface area contributed by atoms with Gasteiger partial charge in [-0.05, 0) is 19.4 Å². The predicted octanol–water partition coefficient (Wildman–Crippen LogP) is 1.46. The van der Waals surface area contributed by atoms with Crippen molar-refractivity contribution in [3.05, 3.63) is 63.8 Å². The van der Waals surface area contributed by atoms with Crippen LogP contribution in [-0.4, -0.2) is 20.8 Å². The van der Waals surface area contributed by atoms with E-state index in [1.807, 2.05) is 37.3 Å². The molecule has 0 fully saturated rings. The first-order chi connectivity index (χ1) is 9.08. The highest BCUT2D eigenvalue weighted by molar-refractivity contribution is 5.16. The number of rotatable bonds is 4. The van der Waals surface area contributed by atoms with E-state index in [1.165, 1.54) is 10.9 Å². The summed E-state index contributed by atoms with van der Waals surface area (Å²) in [5.41, 5.74) is 2.34. The van der Waals surface area contributed by atoms with E-state index in [2.05, 4.69) is 4.98 Å². The molecule has 1 atom stereocenters. The molecule has 0 aliphatic rings. The molecule has 0 saturated heterocycles. The third-order valence-electron chi connectivity index (χ3n) is 3.24. The zero-order valence-electron chi connectivity index (χ0n) is 11.2. The summed E-state index contributed by atoms with van der Waals surface area (Å²) in [6.45, 7) is 3.83. The number of hydrogen-bond donors (Lipinski definition) is 1. The second kappa shape index (κ2) is 5.80. The quantitative estimate of drug-likeness (QED) is 0.903. The highest BCUT2D eigenvalue weighted by Crippen LogP contribution is 2.04. The smallest absolute Gasteiger partial charge is 0.256 e. The molecule has 1 aromatic heterocycles. The van der Waals surface area contributed by atoms with Crippen molar-refractivity contribution < 1.29 is 5.11 Å². The van der Waals surface area contributed by atoms with Crippen LogP contribution in [0.3, 0.4) is 0 Å². The Morgan fingerprint density at radius 2 is 1.95 bits per heavy atom. The molecular formula is C15H18N2O2. The molecular weight excluding hydrogens is 240 g/mol. The van der Waals surface area contributed by atoms with Crippen molar-refractivity contribution in [2.45, 2.75) is 32.9 Å². The summed E-state index contributed by atoms with van der Waals surface area (Å²) in [6.07, 6.45) is 1.43. The molecule has 0 spiro atoms. The molecule has 2 aromatic rings. The van der Waals surface area contributed by atoms with Gasteiger partial charge in [-0.15, -0.1) is 0 Å². The van der Waals surface area contributed by atoms with Crippen LogP contribution in [0.5, 0.6) is 0 Å². The van der Waals surface area contributed by atoms with Crippen molar-refractivity contribution in [1.82, 2.24) is 9.55 Å². The topological polar surface area (TPSA) is 55.1 Å². The minimum Gasteiger partial charge on any atom is -0.391 e. The van der Waals surface area contributed by atoms with Gasteiger partial charge in [0, 0.05) is 17.7 Å². The molecule has 1 N–H and O–H groups in total. The number of aryl methyl sites for hydroxylation is 1. The molecule has 0 radical (unpaired) electrons. The Hall–Kier alpha value is -1.94. The fraction of sp³-hybridized carbons (Fsp3) is 0.333. The van der Waals surface area contributed by atoms with Crippen LogP contribution >= 0.6 is 0 Å². The maximum Gasteiger partial charge on any atom is 0.256 e. The first-order valence-corrected chi connectivity index (χ1v) is 6.32. The lowest BCUT2D eigenvalue weighted by Gasteiger charge is -2.13. The molecule has 100 valence electrons. The van der Waals surface area contributed by atoms with Crippen molar-refractivity contribution in [1.29, 1.82) is 0 Å². The minimum absolute atomic E-state index is 0.0837. The van der Waals surface area contributed by atoms with E-state index < -0.39 is 6.10 Å². The van der Waals surface area contributed by atoms with Gasteiger partial charge in [0.25, 0.3) is 5.56 Å². The molecule has 2 rings (SSSR count). The first-order valence-electron chi connectivity index (χ1n) is 6.32. The predicted molar refractivity (Wildman–Crippen MR) is 74.1 cm³/mol. The van der Waals surface area contributed by atoms with Gasteiger partial charge in [-0.1, -0.05) is 30.3 Å². The van der Waals surface area contributed by atoms with E-state index >= 15 is 0 Å². The fourth-order valence-corrected chi connectivity index (χ4v) is 1.98. The van der Waals surface area contributed by atoms with Crippen molar-refractivity contribution >= 4 is 0 Å². The van der Waals surface area contributed by atoms with E-state index in [0.29, 0.717) is 12.0 Å². The summed E-state index contributed by atoms with van der Waals surface area (Å²) in [5.74, 6) is 0. The minimum atomic E-state index is -0.594. The summed E-state index contributed by atoms with van der Waals surface area (Å²) in [4.78, 5) is 16.1. The van der Waals surface area contributed by atoms with Crippen LogP contribution in [0.15, 0.2) is 41.5 Å². The number of aromatic nitrogens is 2. The Morgan fingerprint density at radius 3 is 2.63 bits per heavy atom. The Kier molecular flexibility index (Phi) is 4.12. The van der Waals surface area contributed by atoms with Gasteiger partial charge in [-0.2, -0.15) is 0 Å². The number of aliphatic hydroxyl groups is 1. The van der Waals surface area contributed by atoms with E-state index in [-0.39, 0.29) is 12.1 Å². The molecule has 0 bridgehead atoms. The molecule has 1 aromatic carbocycles. The average molecular weight is 258 g/mol. The molecule has 0 saturated carbocycles. The Morgan fingerprint density at radius 1 is 1.26 bits per heavy atom. The van der Waals surface area contributed by atoms with E-state index in [4.69, 9.17) is 0 Å². The zero-order chi connectivity index (χ0) is 13.8. The summed E-state index contributed by atoms with van der Waals surface area (Å²) in [7, 11) is 0. The van der Waals surface area contributed by atoms with E-state index in [0.717, 1.165) is 11.3 Å². The average Bonchev–Trinajstić information content (AvgIpc) is 2.41. The van der Waals surface area contributed by atoms with Gasteiger partial charge in [-0.3, -0.25) is 9.36 Å². The van der Waals surface area contributed by atoms with Crippen molar-refractivity contribution in [2.75, 3.05) is 0 Å². The van der Waals surface area contributed by atoms with Crippen LogP contribution in [-0.2, 0) is 13.0 Å². The van der Waals surface area contributed by atoms with Crippen LogP contribution in [0.2, 0.25) is 0 Å². The number of aliphatic hydroxyl groups excluding tert-OH is 1. The lowest BCUT2D eigenvalue weighted by molar-refractivity contribution is 0.152. The molecule has 1 heterocycles. The van der Waals surface area contributed by atoms with Crippen LogP contribution in [0.4, 0.5) is 0 Å². The van der Waals surface area contributed by atoms with Crippen molar-refractivity contribution in [3.8, 4) is 0 Å². The van der Waals surface area contributed by atoms with E-state index in [9.17, 15) is 9.90 Å².